The van der Waals surface area contributed by atoms with Crippen LogP contribution in [0, 0.1) is 0 Å². The number of anilines is 2. The summed E-state index contributed by atoms with van der Waals surface area (Å²) >= 11 is 0.742. The van der Waals surface area contributed by atoms with Crippen LogP contribution in [0.25, 0.3) is 10.6 Å². The van der Waals surface area contributed by atoms with E-state index in [1.165, 1.54) is 10.9 Å². The van der Waals surface area contributed by atoms with Crippen molar-refractivity contribution in [2.45, 2.75) is 37.3 Å². The molecule has 34 heavy (non-hydrogen) atoms. The second kappa shape index (κ2) is 8.96. The molecule has 0 aliphatic carbocycles. The van der Waals surface area contributed by atoms with Crippen LogP contribution in [0.1, 0.15) is 40.8 Å². The Kier molecular flexibility index (Phi) is 6.35. The average molecular weight is 502 g/mol. The minimum absolute atomic E-state index is 0.0631. The van der Waals surface area contributed by atoms with Gasteiger partial charge in [-0.1, -0.05) is 11.3 Å². The maximum Gasteiger partial charge on any atom is 0.433 e. The minimum Gasteiger partial charge on any atom is -0.389 e. The minimum atomic E-state index is -4.67. The number of nitrogen functional groups attached to an aromatic ring is 1. The van der Waals surface area contributed by atoms with E-state index >= 15 is 0 Å². The molecule has 1 aliphatic heterocycles. The summed E-state index contributed by atoms with van der Waals surface area (Å²) in [5.41, 5.74) is 11.0. The van der Waals surface area contributed by atoms with E-state index in [2.05, 4.69) is 20.5 Å². The van der Waals surface area contributed by atoms with E-state index in [1.807, 2.05) is 0 Å². The molecule has 3 aromatic heterocycles. The molecular formula is C19H22F4N8O2S. The smallest absolute Gasteiger partial charge is 0.389 e. The number of nitrogens with one attached hydrogen (secondary N) is 1. The van der Waals surface area contributed by atoms with Crippen molar-refractivity contribution >= 4 is 27.9 Å². The molecule has 0 unspecified atom stereocenters. The van der Waals surface area contributed by atoms with Crippen LogP contribution in [0.5, 0.6) is 0 Å². The van der Waals surface area contributed by atoms with Crippen molar-refractivity contribution in [1.82, 2.24) is 24.5 Å². The van der Waals surface area contributed by atoms with Crippen LogP contribution in [-0.4, -0.2) is 49.3 Å². The highest BCUT2D eigenvalue weighted by atomic mass is 32.1. The van der Waals surface area contributed by atoms with Gasteiger partial charge in [-0.3, -0.25) is 14.2 Å². The first-order valence-corrected chi connectivity index (χ1v) is 11.0. The maximum absolute atomic E-state index is 13.9. The number of hydrogen-bond acceptors (Lipinski definition) is 8. The summed E-state index contributed by atoms with van der Waals surface area (Å²) < 4.78 is 62.1. The SMILES string of the molecule is Cn1ncc(NC(=O)c2nc(-c3cnn(C)c3C(F)(F)F)sc2N)c1[C@@H]1CC[C@@H](N)[C@@H](F)CO1. The molecule has 4 heterocycles. The molecule has 10 nitrogen and oxygen atoms in total. The van der Waals surface area contributed by atoms with E-state index in [-0.39, 0.29) is 33.6 Å². The van der Waals surface area contributed by atoms with Gasteiger partial charge >= 0.3 is 6.18 Å². The summed E-state index contributed by atoms with van der Waals surface area (Å²) in [7, 11) is 2.80. The highest BCUT2D eigenvalue weighted by Gasteiger charge is 2.39. The van der Waals surface area contributed by atoms with E-state index in [9.17, 15) is 22.4 Å². The first-order valence-electron chi connectivity index (χ1n) is 10.2. The lowest BCUT2D eigenvalue weighted by Crippen LogP contribution is -2.32. The van der Waals surface area contributed by atoms with Crippen LogP contribution in [0.3, 0.4) is 0 Å². The van der Waals surface area contributed by atoms with Crippen molar-refractivity contribution in [3.63, 3.8) is 0 Å². The zero-order chi connectivity index (χ0) is 24.8. The number of alkyl halides is 4. The van der Waals surface area contributed by atoms with Crippen LogP contribution in [0.4, 0.5) is 28.3 Å². The van der Waals surface area contributed by atoms with E-state index < -0.39 is 36.1 Å². The Balaban J connectivity index is 1.60. The Bertz CT molecular complexity index is 1190. The molecular weight excluding hydrogens is 480 g/mol. The van der Waals surface area contributed by atoms with Crippen molar-refractivity contribution in [3.8, 4) is 10.6 Å². The van der Waals surface area contributed by atoms with E-state index in [4.69, 9.17) is 16.2 Å². The summed E-state index contributed by atoms with van der Waals surface area (Å²) in [6.07, 6.45) is -3.35. The molecule has 3 atom stereocenters. The lowest BCUT2D eigenvalue weighted by atomic mass is 10.0. The third-order valence-corrected chi connectivity index (χ3v) is 6.45. The fourth-order valence-corrected chi connectivity index (χ4v) is 4.64. The quantitative estimate of drug-likeness (QED) is 0.466. The van der Waals surface area contributed by atoms with Gasteiger partial charge in [0.15, 0.2) is 11.4 Å². The monoisotopic (exact) mass is 502 g/mol. The van der Waals surface area contributed by atoms with Gasteiger partial charge in [0.1, 0.15) is 22.3 Å². The Morgan fingerprint density at radius 1 is 1.24 bits per heavy atom. The second-order valence-electron chi connectivity index (χ2n) is 7.86. The van der Waals surface area contributed by atoms with Crippen molar-refractivity contribution in [2.75, 3.05) is 17.7 Å². The second-order valence-corrected chi connectivity index (χ2v) is 8.89. The first-order chi connectivity index (χ1) is 16.0. The van der Waals surface area contributed by atoms with Gasteiger partial charge in [-0.2, -0.15) is 23.4 Å². The molecule has 15 heteroatoms. The van der Waals surface area contributed by atoms with E-state index in [1.54, 1.807) is 7.05 Å². The van der Waals surface area contributed by atoms with Gasteiger partial charge in [0.05, 0.1) is 35.9 Å². The topological polar surface area (TPSA) is 139 Å². The maximum atomic E-state index is 13.9. The highest BCUT2D eigenvalue weighted by molar-refractivity contribution is 7.19. The number of aryl methyl sites for hydroxylation is 2. The molecule has 5 N–H and O–H groups in total. The standard InChI is InChI=1S/C19H22F4N8O2S/c1-30-14(12-4-3-10(24)9(20)7-33-12)11(6-27-30)28-17(32)13-16(25)34-18(29-13)8-5-26-31(2)15(8)19(21,22)23/h5-6,9-10,12H,3-4,7,24-25H2,1-2H3,(H,28,32)/t9-,10+,12-/m0/s1. The molecule has 1 fully saturated rings. The predicted molar refractivity (Wildman–Crippen MR) is 116 cm³/mol. The average Bonchev–Trinajstić information content (AvgIpc) is 3.41. The van der Waals surface area contributed by atoms with Gasteiger partial charge in [0.25, 0.3) is 5.91 Å². The molecule has 184 valence electrons. The molecule has 0 spiro atoms. The molecule has 0 radical (unpaired) electrons. The molecule has 0 saturated carbocycles. The Labute approximate surface area is 194 Å². The number of thiazole rings is 1. The fourth-order valence-electron chi connectivity index (χ4n) is 3.80. The number of nitrogens with zero attached hydrogens (tertiary/aromatic N) is 5. The summed E-state index contributed by atoms with van der Waals surface area (Å²) in [5, 5.41) is 10.3. The highest BCUT2D eigenvalue weighted by Crippen LogP contribution is 2.40. The number of ether oxygens (including phenoxy) is 1. The van der Waals surface area contributed by atoms with Crippen molar-refractivity contribution < 1.29 is 27.1 Å². The molecule has 1 saturated heterocycles. The van der Waals surface area contributed by atoms with Crippen LogP contribution in [0.2, 0.25) is 0 Å². The normalized spacial score (nSPS) is 21.4. The number of halogens is 4. The van der Waals surface area contributed by atoms with Gasteiger partial charge in [-0.05, 0) is 12.8 Å². The number of rotatable bonds is 4. The zero-order valence-electron chi connectivity index (χ0n) is 18.1. The van der Waals surface area contributed by atoms with Gasteiger partial charge < -0.3 is 21.5 Å². The molecule has 1 amide bonds. The lowest BCUT2D eigenvalue weighted by Gasteiger charge is -2.17. The number of carbonyl (C=O) groups is 1. The Morgan fingerprint density at radius 3 is 2.65 bits per heavy atom. The van der Waals surface area contributed by atoms with Crippen LogP contribution in [0.15, 0.2) is 12.4 Å². The summed E-state index contributed by atoms with van der Waals surface area (Å²) in [6, 6.07) is -0.654. The van der Waals surface area contributed by atoms with Crippen molar-refractivity contribution in [1.29, 1.82) is 0 Å². The number of hydrogen-bond donors (Lipinski definition) is 3. The molecule has 4 rings (SSSR count). The Hall–Kier alpha value is -3.04. The van der Waals surface area contributed by atoms with Crippen molar-refractivity contribution in [3.05, 3.63) is 29.5 Å². The number of nitrogens with two attached hydrogens (primary N) is 2. The van der Waals surface area contributed by atoms with Crippen LogP contribution in [-0.2, 0) is 25.0 Å². The molecule has 3 aromatic rings. The van der Waals surface area contributed by atoms with E-state index in [0.29, 0.717) is 23.2 Å². The van der Waals surface area contributed by atoms with Gasteiger partial charge in [0.2, 0.25) is 0 Å². The van der Waals surface area contributed by atoms with Gasteiger partial charge in [-0.15, -0.1) is 0 Å². The molecule has 1 aliphatic rings. The number of amides is 1. The largest absolute Gasteiger partial charge is 0.433 e. The number of aromatic nitrogens is 5. The van der Waals surface area contributed by atoms with Crippen LogP contribution < -0.4 is 16.8 Å². The van der Waals surface area contributed by atoms with Crippen molar-refractivity contribution in [2.24, 2.45) is 19.8 Å². The summed E-state index contributed by atoms with van der Waals surface area (Å²) in [4.78, 5) is 17.0. The summed E-state index contributed by atoms with van der Waals surface area (Å²) in [6.45, 7) is -0.195. The molecule has 0 bridgehead atoms. The zero-order valence-corrected chi connectivity index (χ0v) is 19.0. The molecule has 0 aromatic carbocycles. The Morgan fingerprint density at radius 2 is 1.94 bits per heavy atom. The third-order valence-electron chi connectivity index (χ3n) is 5.53. The van der Waals surface area contributed by atoms with E-state index in [0.717, 1.165) is 24.6 Å². The predicted octanol–water partition coefficient (Wildman–Crippen LogP) is 2.65. The lowest BCUT2D eigenvalue weighted by molar-refractivity contribution is -0.143. The fraction of sp³-hybridized carbons (Fsp3) is 0.474. The summed E-state index contributed by atoms with van der Waals surface area (Å²) in [5.74, 6) is -0.736. The first kappa shape index (κ1) is 24.1. The van der Waals surface area contributed by atoms with Gasteiger partial charge in [0, 0.05) is 20.1 Å². The third kappa shape index (κ3) is 4.50. The van der Waals surface area contributed by atoms with Gasteiger partial charge in [-0.25, -0.2) is 9.37 Å². The number of carbonyl (C=O) groups excluding carboxylic acids is 1. The van der Waals surface area contributed by atoms with Crippen LogP contribution >= 0.6 is 11.3 Å².